The summed E-state index contributed by atoms with van der Waals surface area (Å²) in [6, 6.07) is 0. The molecule has 5 heteroatoms. The molecule has 0 aromatic rings. The highest BCUT2D eigenvalue weighted by molar-refractivity contribution is 5.88. The van der Waals surface area contributed by atoms with Crippen LogP contribution in [-0.4, -0.2) is 44.7 Å². The Morgan fingerprint density at radius 1 is 1.03 bits per heavy atom. The molecule has 4 fully saturated rings. The van der Waals surface area contributed by atoms with Gasteiger partial charge in [-0.05, 0) is 111 Å². The second-order valence-electron chi connectivity index (χ2n) is 12.4. The molecule has 0 bridgehead atoms. The van der Waals surface area contributed by atoms with E-state index in [0.717, 1.165) is 31.3 Å². The van der Waals surface area contributed by atoms with Crippen molar-refractivity contribution >= 4 is 5.97 Å². The summed E-state index contributed by atoms with van der Waals surface area (Å²) in [7, 11) is 0. The number of aliphatic hydroxyl groups excluding tert-OH is 3. The zero-order valence-corrected chi connectivity index (χ0v) is 21.1. The molecule has 4 aliphatic carbocycles. The van der Waals surface area contributed by atoms with Crippen LogP contribution in [0, 0.1) is 40.4 Å². The van der Waals surface area contributed by atoms with Gasteiger partial charge in [-0.25, -0.2) is 4.79 Å². The first-order valence-electron chi connectivity index (χ1n) is 13.1. The quantitative estimate of drug-likeness (QED) is 0.360. The van der Waals surface area contributed by atoms with Crippen molar-refractivity contribution in [3.05, 3.63) is 22.8 Å². The largest absolute Gasteiger partial charge is 0.478 e. The van der Waals surface area contributed by atoms with Crippen molar-refractivity contribution in [1.82, 2.24) is 0 Å². The Morgan fingerprint density at radius 3 is 2.33 bits per heavy atom. The van der Waals surface area contributed by atoms with Crippen molar-refractivity contribution in [3.8, 4) is 0 Å². The fraction of sp³-hybridized carbons (Fsp3) is 0.821. The first-order chi connectivity index (χ1) is 15.4. The van der Waals surface area contributed by atoms with E-state index in [1.54, 1.807) is 0 Å². The maximum Gasteiger partial charge on any atom is 0.331 e. The van der Waals surface area contributed by atoms with Crippen LogP contribution in [0.1, 0.15) is 86.0 Å². The lowest BCUT2D eigenvalue weighted by molar-refractivity contribution is -0.190. The van der Waals surface area contributed by atoms with Gasteiger partial charge in [-0.2, -0.15) is 0 Å². The third kappa shape index (κ3) is 3.92. The normalized spacial score (nSPS) is 48.4. The minimum absolute atomic E-state index is 0.0224. The molecule has 10 atom stereocenters. The molecule has 0 radical (unpaired) electrons. The van der Waals surface area contributed by atoms with Crippen LogP contribution in [-0.2, 0) is 4.79 Å². The Morgan fingerprint density at radius 2 is 1.70 bits per heavy atom. The predicted octanol–water partition coefficient (Wildman–Crippen LogP) is 4.71. The fourth-order valence-corrected chi connectivity index (χ4v) is 8.97. The van der Waals surface area contributed by atoms with Crippen LogP contribution in [0.5, 0.6) is 0 Å². The van der Waals surface area contributed by atoms with Gasteiger partial charge >= 0.3 is 5.97 Å². The summed E-state index contributed by atoms with van der Waals surface area (Å²) in [6.07, 6.45) is 6.44. The number of aliphatic hydroxyl groups is 3. The molecule has 4 aliphatic rings. The molecule has 0 aromatic carbocycles. The Bertz CT molecular complexity index is 841. The minimum atomic E-state index is -0.933. The average Bonchev–Trinajstić information content (AvgIpc) is 2.98. The lowest BCUT2D eigenvalue weighted by Gasteiger charge is -2.64. The van der Waals surface area contributed by atoms with Crippen LogP contribution in [0.2, 0.25) is 0 Å². The number of rotatable bonds is 4. The van der Waals surface area contributed by atoms with Crippen molar-refractivity contribution in [2.45, 2.75) is 104 Å². The van der Waals surface area contributed by atoms with Crippen LogP contribution < -0.4 is 0 Å². The summed E-state index contributed by atoms with van der Waals surface area (Å²) in [5.41, 5.74) is 1.97. The molecule has 4 N–H and O–H groups in total. The molecule has 4 saturated carbocycles. The monoisotopic (exact) mass is 460 g/mol. The van der Waals surface area contributed by atoms with Crippen molar-refractivity contribution in [2.75, 3.05) is 0 Å². The molecule has 33 heavy (non-hydrogen) atoms. The standard InChI is InChI=1S/C28H44O5/c1-15(2)7-6-8-17(26(32)33)24-20-13-22(30)25-19(28(20,5)14-23(24)31)10-9-18-16(3)21(29)11-12-27(18,25)4/h7,16,18-23,25,29-31H,6,8-14H2,1-5H3,(H,32,33). The van der Waals surface area contributed by atoms with Crippen LogP contribution in [0.3, 0.4) is 0 Å². The van der Waals surface area contributed by atoms with E-state index in [1.807, 2.05) is 13.8 Å². The summed E-state index contributed by atoms with van der Waals surface area (Å²) >= 11 is 0. The smallest absolute Gasteiger partial charge is 0.331 e. The van der Waals surface area contributed by atoms with E-state index in [0.29, 0.717) is 42.7 Å². The maximum atomic E-state index is 12.3. The number of carboxylic acids is 1. The number of hydrogen-bond donors (Lipinski definition) is 4. The number of allylic oxidation sites excluding steroid dienone is 2. The third-order valence-electron chi connectivity index (χ3n) is 10.5. The fourth-order valence-electron chi connectivity index (χ4n) is 8.97. The molecule has 4 rings (SSSR count). The minimum Gasteiger partial charge on any atom is -0.478 e. The van der Waals surface area contributed by atoms with Gasteiger partial charge in [0.25, 0.3) is 0 Å². The Balaban J connectivity index is 1.71. The van der Waals surface area contributed by atoms with E-state index < -0.39 is 18.2 Å². The zero-order chi connectivity index (χ0) is 24.3. The van der Waals surface area contributed by atoms with Crippen molar-refractivity contribution < 1.29 is 25.2 Å². The van der Waals surface area contributed by atoms with Gasteiger partial charge in [0.05, 0.1) is 18.3 Å². The number of carbonyl (C=O) groups is 1. The number of carboxylic acid groups (broad SMARTS) is 1. The molecule has 0 aliphatic heterocycles. The van der Waals surface area contributed by atoms with Crippen molar-refractivity contribution in [1.29, 1.82) is 0 Å². The van der Waals surface area contributed by atoms with Crippen molar-refractivity contribution in [3.63, 3.8) is 0 Å². The summed E-state index contributed by atoms with van der Waals surface area (Å²) in [4.78, 5) is 12.3. The highest BCUT2D eigenvalue weighted by Gasteiger charge is 2.65. The van der Waals surface area contributed by atoms with Gasteiger partial charge in [0.1, 0.15) is 0 Å². The van der Waals surface area contributed by atoms with E-state index in [1.165, 1.54) is 0 Å². The molecule has 0 amide bonds. The van der Waals surface area contributed by atoms with Gasteiger partial charge in [0, 0.05) is 5.57 Å². The van der Waals surface area contributed by atoms with Crippen LogP contribution in [0.4, 0.5) is 0 Å². The second-order valence-corrected chi connectivity index (χ2v) is 12.4. The predicted molar refractivity (Wildman–Crippen MR) is 128 cm³/mol. The van der Waals surface area contributed by atoms with Crippen LogP contribution >= 0.6 is 0 Å². The van der Waals surface area contributed by atoms with E-state index >= 15 is 0 Å². The number of aliphatic carboxylic acids is 1. The summed E-state index contributed by atoms with van der Waals surface area (Å²) in [5.74, 6) is 0.0112. The lowest BCUT2D eigenvalue weighted by Crippen LogP contribution is -2.61. The molecule has 0 aromatic heterocycles. The first kappa shape index (κ1) is 24.9. The average molecular weight is 461 g/mol. The van der Waals surface area contributed by atoms with Crippen molar-refractivity contribution in [2.24, 2.45) is 40.4 Å². The topological polar surface area (TPSA) is 98.0 Å². The maximum absolute atomic E-state index is 12.3. The van der Waals surface area contributed by atoms with Crippen LogP contribution in [0.25, 0.3) is 0 Å². The summed E-state index contributed by atoms with van der Waals surface area (Å²) < 4.78 is 0. The second kappa shape index (κ2) is 8.80. The molecule has 5 nitrogen and oxygen atoms in total. The number of hydrogen-bond acceptors (Lipinski definition) is 4. The van der Waals surface area contributed by atoms with Gasteiger partial charge in [0.2, 0.25) is 0 Å². The molecule has 0 saturated heterocycles. The molecule has 0 spiro atoms. The Kier molecular flexibility index (Phi) is 6.65. The van der Waals surface area contributed by atoms with E-state index in [9.17, 15) is 25.2 Å². The highest BCUT2D eigenvalue weighted by Crippen LogP contribution is 2.69. The third-order valence-corrected chi connectivity index (χ3v) is 10.5. The van der Waals surface area contributed by atoms with Gasteiger partial charge in [-0.1, -0.05) is 32.4 Å². The molecule has 186 valence electrons. The summed E-state index contributed by atoms with van der Waals surface area (Å²) in [6.45, 7) is 10.8. The zero-order valence-electron chi connectivity index (χ0n) is 21.1. The Hall–Kier alpha value is -1.17. The highest BCUT2D eigenvalue weighted by atomic mass is 16.4. The van der Waals surface area contributed by atoms with Gasteiger partial charge < -0.3 is 20.4 Å². The molecule has 10 unspecified atom stereocenters. The van der Waals surface area contributed by atoms with E-state index in [-0.39, 0.29) is 40.6 Å². The summed E-state index contributed by atoms with van der Waals surface area (Å²) in [5, 5.41) is 43.4. The van der Waals surface area contributed by atoms with Gasteiger partial charge in [-0.15, -0.1) is 0 Å². The molecular weight excluding hydrogens is 416 g/mol. The SMILES string of the molecule is CC(C)=CCCC(C(=O)O)=C1C(O)CC2(C)C1CC(O)C1C2CCC2C(C)C(O)CCC21C. The molecular formula is C28H44O5. The Labute approximate surface area is 199 Å². The number of fused-ring (bicyclic) bond motifs is 5. The van der Waals surface area contributed by atoms with E-state index in [2.05, 4.69) is 26.8 Å². The lowest BCUT2D eigenvalue weighted by atomic mass is 9.42. The van der Waals surface area contributed by atoms with Crippen LogP contribution in [0.15, 0.2) is 22.8 Å². The first-order valence-corrected chi connectivity index (χ1v) is 13.1. The van der Waals surface area contributed by atoms with Gasteiger partial charge in [0.15, 0.2) is 0 Å². The molecule has 0 heterocycles. The van der Waals surface area contributed by atoms with Gasteiger partial charge in [-0.3, -0.25) is 0 Å². The van der Waals surface area contributed by atoms with E-state index in [4.69, 9.17) is 0 Å².